The molecule has 0 saturated carbocycles. The predicted molar refractivity (Wildman–Crippen MR) is 97.6 cm³/mol. The number of nitrogens with one attached hydrogen (secondary N) is 1. The van der Waals surface area contributed by atoms with Crippen molar-refractivity contribution in [2.75, 3.05) is 12.4 Å². The second kappa shape index (κ2) is 5.17. The topological polar surface area (TPSA) is 88.0 Å². The summed E-state index contributed by atoms with van der Waals surface area (Å²) in [5.41, 5.74) is 1.54. The van der Waals surface area contributed by atoms with E-state index in [2.05, 4.69) is 5.32 Å². The van der Waals surface area contributed by atoms with Crippen LogP contribution < -0.4 is 10.1 Å². The van der Waals surface area contributed by atoms with Crippen LogP contribution in [-0.2, 0) is 10.3 Å². The minimum atomic E-state index is -1.22. The van der Waals surface area contributed by atoms with Gasteiger partial charge in [0, 0.05) is 24.2 Å². The zero-order valence-corrected chi connectivity index (χ0v) is 14.3. The zero-order valence-electron chi connectivity index (χ0n) is 14.3. The van der Waals surface area contributed by atoms with E-state index in [0.29, 0.717) is 39.4 Å². The Hall–Kier alpha value is -3.67. The first-order valence-corrected chi connectivity index (χ1v) is 8.44. The molecule has 3 aromatic carbocycles. The monoisotopic (exact) mass is 361 g/mol. The third-order valence-corrected chi connectivity index (χ3v) is 5.09. The number of anilines is 1. The molecule has 3 aromatic rings. The van der Waals surface area contributed by atoms with Gasteiger partial charge in [0.05, 0.1) is 11.1 Å². The lowest BCUT2D eigenvalue weighted by molar-refractivity contribution is 0.0224. The van der Waals surface area contributed by atoms with Gasteiger partial charge in [-0.3, -0.25) is 0 Å². The highest BCUT2D eigenvalue weighted by Gasteiger charge is 2.54. The molecule has 0 aromatic heterocycles. The zero-order chi connectivity index (χ0) is 18.8. The summed E-state index contributed by atoms with van der Waals surface area (Å²) >= 11 is 0. The molecular weight excluding hydrogens is 346 g/mol. The first-order chi connectivity index (χ1) is 13.1. The number of benzene rings is 3. The Bertz CT molecular complexity index is 1120. The molecular formula is C21H15NO5. The fourth-order valence-electron chi connectivity index (χ4n) is 3.96. The van der Waals surface area contributed by atoms with Crippen molar-refractivity contribution in [2.45, 2.75) is 5.60 Å². The normalized spacial score (nSPS) is 18.9. The Labute approximate surface area is 154 Å². The molecule has 2 aliphatic rings. The molecule has 0 amide bonds. The van der Waals surface area contributed by atoms with Crippen LogP contribution in [0.3, 0.4) is 0 Å². The van der Waals surface area contributed by atoms with E-state index in [1.807, 2.05) is 12.1 Å². The van der Waals surface area contributed by atoms with Gasteiger partial charge in [0.25, 0.3) is 0 Å². The fourth-order valence-corrected chi connectivity index (χ4v) is 3.96. The Morgan fingerprint density at radius 1 is 0.963 bits per heavy atom. The van der Waals surface area contributed by atoms with Gasteiger partial charge in [-0.2, -0.15) is 0 Å². The number of carbonyl (C=O) groups is 1. The summed E-state index contributed by atoms with van der Waals surface area (Å²) in [6.07, 6.45) is 0. The van der Waals surface area contributed by atoms with Gasteiger partial charge in [-0.25, -0.2) is 4.79 Å². The van der Waals surface area contributed by atoms with Crippen LogP contribution in [0.25, 0.3) is 0 Å². The van der Waals surface area contributed by atoms with Crippen molar-refractivity contribution in [3.05, 3.63) is 76.9 Å². The highest BCUT2D eigenvalue weighted by molar-refractivity contribution is 5.97. The number of aromatic hydroxyl groups is 2. The molecule has 0 radical (unpaired) electrons. The Morgan fingerprint density at radius 2 is 1.74 bits per heavy atom. The maximum atomic E-state index is 12.7. The molecule has 5 rings (SSSR count). The van der Waals surface area contributed by atoms with Crippen LogP contribution in [-0.4, -0.2) is 23.2 Å². The van der Waals surface area contributed by atoms with Crippen molar-refractivity contribution < 1.29 is 24.5 Å². The van der Waals surface area contributed by atoms with Crippen molar-refractivity contribution in [3.63, 3.8) is 0 Å². The Balaban J connectivity index is 1.93. The number of phenolic OH excluding ortho intramolecular Hbond substituents is 2. The molecule has 6 heteroatoms. The predicted octanol–water partition coefficient (Wildman–Crippen LogP) is 3.71. The van der Waals surface area contributed by atoms with Crippen LogP contribution in [0.1, 0.15) is 27.0 Å². The lowest BCUT2D eigenvalue weighted by Gasteiger charge is -2.37. The molecule has 0 bridgehead atoms. The standard InChI is InChI=1S/C21H15NO5/c1-22-18-16(24)9-8-15-19(18)26-17-10-11(23)6-7-14(17)21(15)13-5-3-2-4-12(13)20(25)27-21/h2-10,22-24H,1H3. The van der Waals surface area contributed by atoms with E-state index in [1.54, 1.807) is 31.3 Å². The maximum Gasteiger partial charge on any atom is 0.340 e. The molecule has 1 spiro atoms. The van der Waals surface area contributed by atoms with Gasteiger partial charge in [-0.15, -0.1) is 0 Å². The minimum absolute atomic E-state index is 0.00705. The lowest BCUT2D eigenvalue weighted by Crippen LogP contribution is -2.33. The SMILES string of the molecule is CNc1c(O)ccc2c1Oc1cc(O)ccc1C21OC(=O)c2ccccc21. The number of fused-ring (bicyclic) bond motifs is 6. The smallest absolute Gasteiger partial charge is 0.340 e. The number of phenols is 2. The third kappa shape index (κ3) is 1.87. The van der Waals surface area contributed by atoms with Crippen molar-refractivity contribution in [1.82, 2.24) is 0 Å². The van der Waals surface area contributed by atoms with Gasteiger partial charge in [0.2, 0.25) is 0 Å². The Morgan fingerprint density at radius 3 is 2.56 bits per heavy atom. The van der Waals surface area contributed by atoms with Gasteiger partial charge in [0.15, 0.2) is 11.4 Å². The van der Waals surface area contributed by atoms with Crippen LogP contribution in [0, 0.1) is 0 Å². The highest BCUT2D eigenvalue weighted by atomic mass is 16.6. The number of rotatable bonds is 1. The molecule has 0 fully saturated rings. The van der Waals surface area contributed by atoms with E-state index in [-0.39, 0.29) is 11.5 Å². The fraction of sp³-hybridized carbons (Fsp3) is 0.0952. The average Bonchev–Trinajstić information content (AvgIpc) is 2.95. The summed E-state index contributed by atoms with van der Waals surface area (Å²) in [5.74, 6) is 0.300. The van der Waals surface area contributed by atoms with Gasteiger partial charge in [0.1, 0.15) is 22.9 Å². The molecule has 3 N–H and O–H groups in total. The second-order valence-corrected chi connectivity index (χ2v) is 6.49. The summed E-state index contributed by atoms with van der Waals surface area (Å²) in [7, 11) is 1.66. The molecule has 2 aliphatic heterocycles. The van der Waals surface area contributed by atoms with Crippen molar-refractivity contribution in [3.8, 4) is 23.0 Å². The van der Waals surface area contributed by atoms with E-state index in [9.17, 15) is 15.0 Å². The third-order valence-electron chi connectivity index (χ3n) is 5.09. The molecule has 2 heterocycles. The van der Waals surface area contributed by atoms with Crippen molar-refractivity contribution in [1.29, 1.82) is 0 Å². The van der Waals surface area contributed by atoms with Crippen LogP contribution in [0.2, 0.25) is 0 Å². The highest BCUT2D eigenvalue weighted by Crippen LogP contribution is 2.59. The molecule has 134 valence electrons. The first-order valence-electron chi connectivity index (χ1n) is 8.44. The minimum Gasteiger partial charge on any atom is -0.508 e. The maximum absolute atomic E-state index is 12.7. The van der Waals surface area contributed by atoms with E-state index in [0.717, 1.165) is 0 Å². The van der Waals surface area contributed by atoms with Gasteiger partial charge in [-0.05, 0) is 30.3 Å². The molecule has 1 atom stereocenters. The van der Waals surface area contributed by atoms with Gasteiger partial charge in [-0.1, -0.05) is 18.2 Å². The number of hydrogen-bond donors (Lipinski definition) is 3. The average molecular weight is 361 g/mol. The molecule has 27 heavy (non-hydrogen) atoms. The van der Waals surface area contributed by atoms with Crippen LogP contribution in [0.5, 0.6) is 23.0 Å². The van der Waals surface area contributed by atoms with Crippen LogP contribution in [0.4, 0.5) is 5.69 Å². The van der Waals surface area contributed by atoms with Crippen LogP contribution >= 0.6 is 0 Å². The molecule has 1 unspecified atom stereocenters. The number of ether oxygens (including phenoxy) is 2. The molecule has 0 aliphatic carbocycles. The largest absolute Gasteiger partial charge is 0.508 e. The van der Waals surface area contributed by atoms with Crippen molar-refractivity contribution in [2.24, 2.45) is 0 Å². The lowest BCUT2D eigenvalue weighted by atomic mass is 9.77. The number of esters is 1. The van der Waals surface area contributed by atoms with E-state index < -0.39 is 11.6 Å². The van der Waals surface area contributed by atoms with Gasteiger partial charge >= 0.3 is 5.97 Å². The second-order valence-electron chi connectivity index (χ2n) is 6.49. The molecule has 0 saturated heterocycles. The summed E-state index contributed by atoms with van der Waals surface area (Å²) in [6.45, 7) is 0. The summed E-state index contributed by atoms with van der Waals surface area (Å²) in [5, 5.41) is 23.1. The molecule has 6 nitrogen and oxygen atoms in total. The summed E-state index contributed by atoms with van der Waals surface area (Å²) in [4.78, 5) is 12.7. The first kappa shape index (κ1) is 15.6. The summed E-state index contributed by atoms with van der Waals surface area (Å²) < 4.78 is 12.0. The van der Waals surface area contributed by atoms with Crippen molar-refractivity contribution >= 4 is 11.7 Å². The van der Waals surface area contributed by atoms with E-state index in [4.69, 9.17) is 9.47 Å². The Kier molecular flexibility index (Phi) is 2.98. The van der Waals surface area contributed by atoms with Gasteiger partial charge < -0.3 is 25.0 Å². The quantitative estimate of drug-likeness (QED) is 0.452. The number of hydrogen-bond acceptors (Lipinski definition) is 6. The van der Waals surface area contributed by atoms with Crippen LogP contribution in [0.15, 0.2) is 54.6 Å². The summed E-state index contributed by atoms with van der Waals surface area (Å²) in [6, 6.07) is 15.1. The van der Waals surface area contributed by atoms with E-state index in [1.165, 1.54) is 18.2 Å². The number of carbonyl (C=O) groups excluding carboxylic acids is 1. The van der Waals surface area contributed by atoms with E-state index >= 15 is 0 Å².